The topological polar surface area (TPSA) is 30.7 Å². The highest BCUT2D eigenvalue weighted by Gasteiger charge is 2.23. The molecule has 0 aliphatic carbocycles. The summed E-state index contributed by atoms with van der Waals surface area (Å²) in [6.07, 6.45) is 1.81. The van der Waals surface area contributed by atoms with Gasteiger partial charge in [0.05, 0.1) is 6.54 Å². The van der Waals surface area contributed by atoms with Crippen LogP contribution in [0.15, 0.2) is 42.6 Å². The van der Waals surface area contributed by atoms with E-state index in [0.29, 0.717) is 0 Å². The lowest BCUT2D eigenvalue weighted by atomic mass is 9.95. The van der Waals surface area contributed by atoms with Crippen molar-refractivity contribution in [3.8, 4) is 0 Å². The molecule has 3 nitrogen and oxygen atoms in total. The number of rotatable bonds is 2. The normalized spacial score (nSPS) is 12.0. The van der Waals surface area contributed by atoms with Crippen LogP contribution in [0, 0.1) is 0 Å². The van der Waals surface area contributed by atoms with E-state index < -0.39 is 0 Å². The van der Waals surface area contributed by atoms with Crippen LogP contribution in [-0.4, -0.2) is 14.5 Å². The van der Waals surface area contributed by atoms with Crippen LogP contribution >= 0.6 is 11.6 Å². The molecule has 0 amide bonds. The molecule has 0 saturated carbocycles. The monoisotopic (exact) mass is 299 g/mol. The minimum absolute atomic E-state index is 0.0346. The number of hydrogen-bond donors (Lipinski definition) is 0. The first kappa shape index (κ1) is 14.1. The molecule has 0 N–H and O–H groups in total. The third-order valence-corrected chi connectivity index (χ3v) is 3.68. The van der Waals surface area contributed by atoms with Gasteiger partial charge in [0, 0.05) is 16.6 Å². The number of nitrogens with zero attached hydrogens (tertiary/aromatic N) is 3. The van der Waals surface area contributed by atoms with Crippen LogP contribution in [0.3, 0.4) is 0 Å². The summed E-state index contributed by atoms with van der Waals surface area (Å²) in [6.45, 7) is 7.27. The maximum atomic E-state index is 5.96. The number of halogens is 1. The van der Waals surface area contributed by atoms with Gasteiger partial charge in [0.25, 0.3) is 0 Å². The molecule has 21 heavy (non-hydrogen) atoms. The first-order valence-corrected chi connectivity index (χ1v) is 7.39. The Morgan fingerprint density at radius 2 is 1.81 bits per heavy atom. The van der Waals surface area contributed by atoms with Crippen molar-refractivity contribution in [2.24, 2.45) is 0 Å². The summed E-state index contributed by atoms with van der Waals surface area (Å²) in [5.74, 6) is 1.05. The fourth-order valence-electron chi connectivity index (χ4n) is 2.45. The van der Waals surface area contributed by atoms with Crippen molar-refractivity contribution >= 4 is 22.8 Å². The zero-order valence-corrected chi connectivity index (χ0v) is 13.2. The van der Waals surface area contributed by atoms with Gasteiger partial charge in [0.1, 0.15) is 11.3 Å². The summed E-state index contributed by atoms with van der Waals surface area (Å²) >= 11 is 5.96. The predicted molar refractivity (Wildman–Crippen MR) is 86.8 cm³/mol. The molecule has 0 fully saturated rings. The van der Waals surface area contributed by atoms with E-state index in [1.807, 2.05) is 42.6 Å². The van der Waals surface area contributed by atoms with Crippen LogP contribution in [0.1, 0.15) is 32.2 Å². The molecule has 0 radical (unpaired) electrons. The minimum Gasteiger partial charge on any atom is -0.308 e. The summed E-state index contributed by atoms with van der Waals surface area (Å²) in [7, 11) is 0. The Hall–Kier alpha value is -1.87. The van der Waals surface area contributed by atoms with E-state index in [2.05, 4.69) is 30.3 Å². The molecular weight excluding hydrogens is 282 g/mol. The van der Waals surface area contributed by atoms with Crippen LogP contribution in [0.2, 0.25) is 5.02 Å². The lowest BCUT2D eigenvalue weighted by Crippen LogP contribution is -2.19. The van der Waals surface area contributed by atoms with Crippen molar-refractivity contribution in [2.45, 2.75) is 32.7 Å². The molecule has 2 heterocycles. The first-order chi connectivity index (χ1) is 9.95. The molecule has 2 aromatic heterocycles. The Labute approximate surface area is 129 Å². The van der Waals surface area contributed by atoms with Crippen molar-refractivity contribution in [2.75, 3.05) is 0 Å². The molecule has 3 aromatic rings. The van der Waals surface area contributed by atoms with E-state index in [0.717, 1.165) is 28.6 Å². The number of aromatic nitrogens is 3. The van der Waals surface area contributed by atoms with Crippen LogP contribution in [0.25, 0.3) is 11.2 Å². The van der Waals surface area contributed by atoms with E-state index in [9.17, 15) is 0 Å². The summed E-state index contributed by atoms with van der Waals surface area (Å²) in [5, 5.41) is 0.753. The first-order valence-electron chi connectivity index (χ1n) is 7.01. The van der Waals surface area contributed by atoms with E-state index >= 15 is 0 Å². The molecule has 0 saturated heterocycles. The van der Waals surface area contributed by atoms with E-state index in [1.165, 1.54) is 5.56 Å². The zero-order chi connectivity index (χ0) is 15.0. The number of fused-ring (bicyclic) bond motifs is 1. The fraction of sp³-hybridized carbons (Fsp3) is 0.294. The summed E-state index contributed by atoms with van der Waals surface area (Å²) in [4.78, 5) is 9.28. The number of imidazole rings is 1. The fourth-order valence-corrected chi connectivity index (χ4v) is 2.58. The molecule has 3 rings (SSSR count). The Balaban J connectivity index is 2.13. The Morgan fingerprint density at radius 1 is 1.10 bits per heavy atom. The number of pyridine rings is 1. The highest BCUT2D eigenvalue weighted by Crippen LogP contribution is 2.26. The number of benzene rings is 1. The van der Waals surface area contributed by atoms with Gasteiger partial charge in [-0.1, -0.05) is 44.5 Å². The molecule has 0 atom stereocenters. The van der Waals surface area contributed by atoms with Gasteiger partial charge < -0.3 is 4.57 Å². The molecular formula is C17H18ClN3. The Morgan fingerprint density at radius 3 is 2.48 bits per heavy atom. The second-order valence-electron chi connectivity index (χ2n) is 6.24. The van der Waals surface area contributed by atoms with Crippen molar-refractivity contribution in [1.82, 2.24) is 14.5 Å². The van der Waals surface area contributed by atoms with Gasteiger partial charge in [0.15, 0.2) is 5.65 Å². The number of hydrogen-bond acceptors (Lipinski definition) is 2. The van der Waals surface area contributed by atoms with Gasteiger partial charge >= 0.3 is 0 Å². The van der Waals surface area contributed by atoms with Crippen LogP contribution in [0.4, 0.5) is 0 Å². The molecule has 0 spiro atoms. The van der Waals surface area contributed by atoms with Crippen LogP contribution in [0.5, 0.6) is 0 Å². The molecule has 1 aromatic carbocycles. The summed E-state index contributed by atoms with van der Waals surface area (Å²) in [5.41, 5.74) is 3.02. The molecule has 4 heteroatoms. The quantitative estimate of drug-likeness (QED) is 0.701. The van der Waals surface area contributed by atoms with E-state index in [-0.39, 0.29) is 5.41 Å². The SMILES string of the molecule is CC(C)(C)c1nc2cccnc2n1Cc1ccc(Cl)cc1. The highest BCUT2D eigenvalue weighted by molar-refractivity contribution is 6.30. The van der Waals surface area contributed by atoms with Crippen molar-refractivity contribution in [3.63, 3.8) is 0 Å². The molecule has 0 unspecified atom stereocenters. The third-order valence-electron chi connectivity index (χ3n) is 3.43. The van der Waals surface area contributed by atoms with Crippen molar-refractivity contribution in [1.29, 1.82) is 0 Å². The van der Waals surface area contributed by atoms with Crippen molar-refractivity contribution in [3.05, 3.63) is 59.0 Å². The average Bonchev–Trinajstić information content (AvgIpc) is 2.81. The summed E-state index contributed by atoms with van der Waals surface area (Å²) < 4.78 is 2.19. The van der Waals surface area contributed by atoms with Gasteiger partial charge in [-0.25, -0.2) is 9.97 Å². The predicted octanol–water partition coefficient (Wildman–Crippen LogP) is 4.43. The average molecular weight is 300 g/mol. The highest BCUT2D eigenvalue weighted by atomic mass is 35.5. The van der Waals surface area contributed by atoms with Gasteiger partial charge in [-0.05, 0) is 29.8 Å². The Bertz CT molecular complexity index is 767. The molecule has 0 bridgehead atoms. The second kappa shape index (κ2) is 5.15. The van der Waals surface area contributed by atoms with Gasteiger partial charge in [-0.2, -0.15) is 0 Å². The maximum absolute atomic E-state index is 5.96. The lowest BCUT2D eigenvalue weighted by molar-refractivity contribution is 0.515. The Kier molecular flexibility index (Phi) is 3.46. The zero-order valence-electron chi connectivity index (χ0n) is 12.5. The second-order valence-corrected chi connectivity index (χ2v) is 6.68. The van der Waals surface area contributed by atoms with Gasteiger partial charge in [-0.3, -0.25) is 0 Å². The largest absolute Gasteiger partial charge is 0.308 e. The molecule has 0 aliphatic rings. The third kappa shape index (κ3) is 2.79. The smallest absolute Gasteiger partial charge is 0.160 e. The maximum Gasteiger partial charge on any atom is 0.160 e. The standard InChI is InChI=1S/C17H18ClN3/c1-17(2,3)16-20-14-5-4-10-19-15(14)21(16)11-12-6-8-13(18)9-7-12/h4-10H,11H2,1-3H3. The van der Waals surface area contributed by atoms with Gasteiger partial charge in [0.2, 0.25) is 0 Å². The van der Waals surface area contributed by atoms with E-state index in [4.69, 9.17) is 16.6 Å². The lowest BCUT2D eigenvalue weighted by Gasteiger charge is -2.20. The minimum atomic E-state index is -0.0346. The van der Waals surface area contributed by atoms with Crippen molar-refractivity contribution < 1.29 is 0 Å². The van der Waals surface area contributed by atoms with Gasteiger partial charge in [-0.15, -0.1) is 0 Å². The van der Waals surface area contributed by atoms with E-state index in [1.54, 1.807) is 0 Å². The van der Waals surface area contributed by atoms with Crippen LogP contribution in [-0.2, 0) is 12.0 Å². The summed E-state index contributed by atoms with van der Waals surface area (Å²) in [6, 6.07) is 11.9. The van der Waals surface area contributed by atoms with Crippen LogP contribution < -0.4 is 0 Å². The molecule has 108 valence electrons. The molecule has 0 aliphatic heterocycles.